The topological polar surface area (TPSA) is 225 Å². The molecule has 18 nitrogen and oxygen atoms in total. The second-order valence-corrected chi connectivity index (χ2v) is 17.8. The predicted octanol–water partition coefficient (Wildman–Crippen LogP) is 4.67. The highest BCUT2D eigenvalue weighted by Crippen LogP contribution is 2.31. The van der Waals surface area contributed by atoms with Crippen LogP contribution >= 0.6 is 0 Å². The maximum atomic E-state index is 12.8. The van der Waals surface area contributed by atoms with Crippen molar-refractivity contribution in [3.05, 3.63) is 83.4 Å². The van der Waals surface area contributed by atoms with Gasteiger partial charge in [0.2, 0.25) is 31.6 Å². The zero-order valence-electron chi connectivity index (χ0n) is 31.0. The quantitative estimate of drug-likeness (QED) is 0.162. The number of anilines is 2. The van der Waals surface area contributed by atoms with Crippen molar-refractivity contribution in [3.8, 4) is 0 Å². The summed E-state index contributed by atoms with van der Waals surface area (Å²) in [6.07, 6.45) is 8.97. The Bertz CT molecular complexity index is 3000. The molecule has 20 heteroatoms. The summed E-state index contributed by atoms with van der Waals surface area (Å²) in [6, 6.07) is 10.7. The average Bonchev–Trinajstić information content (AvgIpc) is 3.95. The Kier molecular flexibility index (Phi) is 8.56. The third kappa shape index (κ3) is 6.39. The average molecular weight is 783 g/mol. The molecule has 0 radical (unpaired) electrons. The van der Waals surface area contributed by atoms with Gasteiger partial charge in [0.05, 0.1) is 53.9 Å². The van der Waals surface area contributed by atoms with Crippen molar-refractivity contribution >= 4 is 64.7 Å². The molecule has 3 atom stereocenters. The number of hydrogen-bond donors (Lipinski definition) is 3. The Labute approximate surface area is 315 Å². The molecule has 2 aromatic carbocycles. The Hall–Kier alpha value is -6.02. The van der Waals surface area contributed by atoms with Gasteiger partial charge >= 0.3 is 0 Å². The minimum Gasteiger partial charge on any atom is -0.348 e. The van der Waals surface area contributed by atoms with E-state index in [-0.39, 0.29) is 40.2 Å². The number of rotatable bonds is 11. The fourth-order valence-corrected chi connectivity index (χ4v) is 7.66. The molecule has 3 unspecified atom stereocenters. The Morgan fingerprint density at radius 1 is 0.655 bits per heavy atom. The van der Waals surface area contributed by atoms with Crippen LogP contribution in [0.1, 0.15) is 80.9 Å². The summed E-state index contributed by atoms with van der Waals surface area (Å²) in [5, 5.41) is 28.8. The molecule has 0 aliphatic carbocycles. The number of aromatic nitrogens is 12. The molecule has 0 saturated carbocycles. The van der Waals surface area contributed by atoms with Gasteiger partial charge in [0.25, 0.3) is 10.3 Å². The highest BCUT2D eigenvalue weighted by molar-refractivity contribution is 7.90. The Morgan fingerprint density at radius 3 is 1.91 bits per heavy atom. The van der Waals surface area contributed by atoms with Crippen molar-refractivity contribution in [1.82, 2.24) is 59.1 Å². The lowest BCUT2D eigenvalue weighted by molar-refractivity contribution is 0.583. The first-order valence-electron chi connectivity index (χ1n) is 17.4. The molecule has 8 aromatic rings. The fraction of sp³-hybridized carbons (Fsp3) is 0.314. The minimum atomic E-state index is -3.80. The van der Waals surface area contributed by atoms with Crippen molar-refractivity contribution in [2.24, 2.45) is 0 Å². The molecule has 0 spiro atoms. The Balaban J connectivity index is 1.12. The maximum Gasteiger partial charge on any atom is 0.252 e. The van der Waals surface area contributed by atoms with E-state index in [1.165, 1.54) is 9.03 Å². The number of H-pyrrole nitrogens is 1. The summed E-state index contributed by atoms with van der Waals surface area (Å²) in [5.74, 6) is 0.529. The van der Waals surface area contributed by atoms with Crippen LogP contribution < -0.4 is 10.6 Å². The summed E-state index contributed by atoms with van der Waals surface area (Å²) in [6.45, 7) is 9.80. The van der Waals surface area contributed by atoms with Crippen molar-refractivity contribution < 1.29 is 16.8 Å². The van der Waals surface area contributed by atoms with Gasteiger partial charge in [-0.2, -0.15) is 49.4 Å². The van der Waals surface area contributed by atoms with Crippen molar-refractivity contribution in [1.29, 1.82) is 0 Å². The van der Waals surface area contributed by atoms with Gasteiger partial charge in [0, 0.05) is 34.4 Å². The van der Waals surface area contributed by atoms with E-state index in [9.17, 15) is 16.8 Å². The second-order valence-electron chi connectivity index (χ2n) is 14.0. The van der Waals surface area contributed by atoms with Crippen LogP contribution in [0, 0.1) is 0 Å². The van der Waals surface area contributed by atoms with Gasteiger partial charge in [-0.05, 0) is 49.9 Å². The number of hydrogen-bond acceptors (Lipinski definition) is 14. The Morgan fingerprint density at radius 2 is 1.27 bits per heavy atom. The van der Waals surface area contributed by atoms with E-state index in [4.69, 9.17) is 5.10 Å². The number of fused-ring (bicyclic) bond motifs is 4. The zero-order valence-corrected chi connectivity index (χ0v) is 32.6. The van der Waals surface area contributed by atoms with E-state index in [1.807, 2.05) is 75.7 Å². The molecule has 55 heavy (non-hydrogen) atoms. The van der Waals surface area contributed by atoms with Crippen LogP contribution in [0.15, 0.2) is 71.5 Å². The van der Waals surface area contributed by atoms with E-state index in [0.717, 1.165) is 51.0 Å². The van der Waals surface area contributed by atoms with Gasteiger partial charge in [-0.25, -0.2) is 16.8 Å². The summed E-state index contributed by atoms with van der Waals surface area (Å²) >= 11 is 0. The number of nitrogens with zero attached hydrogens (tertiary/aromatic N) is 11. The zero-order chi connectivity index (χ0) is 39.0. The van der Waals surface area contributed by atoms with E-state index in [2.05, 4.69) is 51.0 Å². The molecule has 0 fully saturated rings. The van der Waals surface area contributed by atoms with Crippen LogP contribution in [-0.4, -0.2) is 88.5 Å². The van der Waals surface area contributed by atoms with Crippen LogP contribution in [0.2, 0.25) is 0 Å². The third-order valence-corrected chi connectivity index (χ3v) is 11.3. The van der Waals surface area contributed by atoms with Gasteiger partial charge < -0.3 is 10.6 Å². The van der Waals surface area contributed by atoms with Gasteiger partial charge in [0.1, 0.15) is 0 Å². The van der Waals surface area contributed by atoms with E-state index < -0.39 is 25.7 Å². The van der Waals surface area contributed by atoms with E-state index >= 15 is 0 Å². The van der Waals surface area contributed by atoms with Crippen LogP contribution in [0.4, 0.5) is 11.9 Å². The molecule has 0 aliphatic heterocycles. The molecule has 0 bridgehead atoms. The lowest BCUT2D eigenvalue weighted by Gasteiger charge is -2.18. The maximum absolute atomic E-state index is 12.8. The fourth-order valence-electron chi connectivity index (χ4n) is 6.65. The first-order valence-corrected chi connectivity index (χ1v) is 21.2. The first kappa shape index (κ1) is 36.0. The number of aromatic amines is 1. The predicted molar refractivity (Wildman–Crippen MR) is 206 cm³/mol. The summed E-state index contributed by atoms with van der Waals surface area (Å²) < 4.78 is 55.5. The largest absolute Gasteiger partial charge is 0.348 e. The second kappa shape index (κ2) is 13.1. The van der Waals surface area contributed by atoms with Gasteiger partial charge in [-0.1, -0.05) is 38.1 Å². The molecule has 0 amide bonds. The molecular weight excluding hydrogens is 745 g/mol. The highest BCUT2D eigenvalue weighted by Gasteiger charge is 2.25. The smallest absolute Gasteiger partial charge is 0.252 e. The summed E-state index contributed by atoms with van der Waals surface area (Å²) in [7, 11) is -7.51. The monoisotopic (exact) mass is 782 g/mol. The van der Waals surface area contributed by atoms with Crippen molar-refractivity contribution in [3.63, 3.8) is 0 Å². The van der Waals surface area contributed by atoms with E-state index in [0.29, 0.717) is 16.9 Å². The third-order valence-electron chi connectivity index (χ3n) is 9.64. The number of para-hydroxylation sites is 1. The van der Waals surface area contributed by atoms with Crippen LogP contribution in [0.25, 0.3) is 33.1 Å². The lowest BCUT2D eigenvalue weighted by atomic mass is 10.1. The van der Waals surface area contributed by atoms with Gasteiger partial charge in [-0.15, -0.1) is 0 Å². The molecule has 284 valence electrons. The molecule has 6 heterocycles. The normalized spacial score (nSPS) is 14.3. The first-order chi connectivity index (χ1) is 26.1. The van der Waals surface area contributed by atoms with Gasteiger partial charge in [-0.3, -0.25) is 9.78 Å². The molecule has 3 N–H and O–H groups in total. The standard InChI is InChI=1S/C35H38N14O4S2/c1-18(2)26-16-38-48-30(26)42-34(54(6,50)51)44-32(48)40-19(3)22-11-12-28-24(13-22)15-37-47(28)21(5)27-17-39-49-31(27)43-35(55(7,52)53)45-33(49)41-20(4)25-10-8-9-23-14-36-46-29(23)25/h8-21H,1-7H3,(H,36,46)(H,40,42,44)(H,41,43,45). The van der Waals surface area contributed by atoms with Crippen LogP contribution in [0.3, 0.4) is 0 Å². The van der Waals surface area contributed by atoms with Crippen LogP contribution in [0.5, 0.6) is 0 Å². The molecule has 0 aliphatic rings. The number of benzene rings is 2. The molecular formula is C35H38N14O4S2. The highest BCUT2D eigenvalue weighted by atomic mass is 32.2. The van der Waals surface area contributed by atoms with Gasteiger partial charge in [0.15, 0.2) is 11.3 Å². The van der Waals surface area contributed by atoms with E-state index in [1.54, 1.807) is 24.8 Å². The summed E-state index contributed by atoms with van der Waals surface area (Å²) in [5.41, 5.74) is 5.67. The molecule has 0 saturated heterocycles. The molecule has 6 aromatic heterocycles. The number of sulfone groups is 2. The van der Waals surface area contributed by atoms with Crippen molar-refractivity contribution in [2.75, 3.05) is 23.1 Å². The summed E-state index contributed by atoms with van der Waals surface area (Å²) in [4.78, 5) is 17.5. The minimum absolute atomic E-state index is 0.0672. The molecule has 8 rings (SSSR count). The lowest BCUT2D eigenvalue weighted by Crippen LogP contribution is -2.17. The van der Waals surface area contributed by atoms with Crippen LogP contribution in [-0.2, 0) is 19.7 Å². The van der Waals surface area contributed by atoms with Crippen molar-refractivity contribution in [2.45, 2.75) is 69.0 Å². The number of nitrogens with one attached hydrogen (secondary N) is 3. The SMILES string of the molecule is CC(C)c1cnn2c(NC(C)c3ccc4c(cnn4C(C)c4cnn5c(NC(C)c6cccc7cn[nH]c67)nc(S(C)(=O)=O)nc45)c3)nc(S(C)(=O)=O)nc12.